The Morgan fingerprint density at radius 1 is 1.11 bits per heavy atom. The molecule has 6 nitrogen and oxygen atoms in total. The van der Waals surface area contributed by atoms with Gasteiger partial charge in [-0.25, -0.2) is 0 Å². The van der Waals surface area contributed by atoms with Crippen molar-refractivity contribution < 1.29 is 19.1 Å². The van der Waals surface area contributed by atoms with E-state index in [2.05, 4.69) is 5.32 Å². The molecule has 0 spiro atoms. The molecule has 0 fully saturated rings. The van der Waals surface area contributed by atoms with E-state index in [1.54, 1.807) is 19.1 Å². The summed E-state index contributed by atoms with van der Waals surface area (Å²) in [4.78, 5) is 26.1. The van der Waals surface area contributed by atoms with Crippen molar-refractivity contribution in [3.05, 3.63) is 58.6 Å². The average Bonchev–Trinajstić information content (AvgIpc) is 3.12. The monoisotopic (exact) mass is 388 g/mol. The molecule has 0 bridgehead atoms. The standard InChI is InChI=1S/C20H21ClN2O4/c1-13(23(14(2)24)11-15-3-6-17(21)7-4-15)20(25)22-10-16-5-8-18-19(9-16)27-12-26-18/h3-9,13H,10-12H2,1-2H3,(H,22,25)/t13-/m1/s1. The van der Waals surface area contributed by atoms with Crippen LogP contribution < -0.4 is 14.8 Å². The fourth-order valence-corrected chi connectivity index (χ4v) is 2.96. The first-order valence-corrected chi connectivity index (χ1v) is 8.99. The van der Waals surface area contributed by atoms with E-state index in [9.17, 15) is 9.59 Å². The van der Waals surface area contributed by atoms with Gasteiger partial charge in [-0.2, -0.15) is 0 Å². The fourth-order valence-electron chi connectivity index (χ4n) is 2.84. The van der Waals surface area contributed by atoms with Crippen LogP contribution in [0.5, 0.6) is 11.5 Å². The number of nitrogens with one attached hydrogen (secondary N) is 1. The van der Waals surface area contributed by atoms with Crippen molar-refractivity contribution in [2.45, 2.75) is 33.0 Å². The second-order valence-electron chi connectivity index (χ2n) is 6.35. The molecule has 0 radical (unpaired) electrons. The summed E-state index contributed by atoms with van der Waals surface area (Å²) in [7, 11) is 0. The molecule has 2 aromatic rings. The van der Waals surface area contributed by atoms with Gasteiger partial charge in [-0.15, -0.1) is 0 Å². The topological polar surface area (TPSA) is 67.9 Å². The van der Waals surface area contributed by atoms with Gasteiger partial charge >= 0.3 is 0 Å². The number of benzene rings is 2. The SMILES string of the molecule is CC(=O)N(Cc1ccc(Cl)cc1)[C@H](C)C(=O)NCc1ccc2c(c1)OCO2. The maximum Gasteiger partial charge on any atom is 0.242 e. The average molecular weight is 389 g/mol. The van der Waals surface area contributed by atoms with E-state index < -0.39 is 6.04 Å². The summed E-state index contributed by atoms with van der Waals surface area (Å²) < 4.78 is 10.6. The maximum absolute atomic E-state index is 12.6. The molecule has 1 heterocycles. The van der Waals surface area contributed by atoms with Crippen molar-refractivity contribution in [3.63, 3.8) is 0 Å². The van der Waals surface area contributed by atoms with E-state index in [1.807, 2.05) is 30.3 Å². The Morgan fingerprint density at radius 3 is 2.48 bits per heavy atom. The van der Waals surface area contributed by atoms with Crippen molar-refractivity contribution in [3.8, 4) is 11.5 Å². The molecule has 1 aliphatic rings. The third kappa shape index (κ3) is 4.71. The maximum atomic E-state index is 12.6. The van der Waals surface area contributed by atoms with Crippen molar-refractivity contribution in [1.82, 2.24) is 10.2 Å². The Bertz CT molecular complexity index is 838. The summed E-state index contributed by atoms with van der Waals surface area (Å²) in [5.41, 5.74) is 1.80. The normalized spacial score (nSPS) is 13.1. The van der Waals surface area contributed by atoms with Gasteiger partial charge in [0.05, 0.1) is 0 Å². The summed E-state index contributed by atoms with van der Waals surface area (Å²) >= 11 is 5.90. The Kier molecular flexibility index (Phi) is 5.86. The summed E-state index contributed by atoms with van der Waals surface area (Å²) in [5, 5.41) is 3.50. The summed E-state index contributed by atoms with van der Waals surface area (Å²) in [6.45, 7) is 4.06. The van der Waals surface area contributed by atoms with Gasteiger partial charge in [0, 0.05) is 25.0 Å². The largest absolute Gasteiger partial charge is 0.454 e. The van der Waals surface area contributed by atoms with E-state index in [4.69, 9.17) is 21.1 Å². The Morgan fingerprint density at radius 2 is 1.78 bits per heavy atom. The first-order valence-electron chi connectivity index (χ1n) is 8.62. The van der Waals surface area contributed by atoms with Crippen molar-refractivity contribution in [2.75, 3.05) is 6.79 Å². The molecular formula is C20H21ClN2O4. The van der Waals surface area contributed by atoms with Crippen LogP contribution in [0.2, 0.25) is 5.02 Å². The zero-order chi connectivity index (χ0) is 19.4. The molecule has 27 heavy (non-hydrogen) atoms. The van der Waals surface area contributed by atoms with Gasteiger partial charge in [0.1, 0.15) is 6.04 Å². The Hall–Kier alpha value is -2.73. The number of hydrogen-bond acceptors (Lipinski definition) is 4. The van der Waals surface area contributed by atoms with Gasteiger partial charge in [0.2, 0.25) is 18.6 Å². The first kappa shape index (κ1) is 19.0. The number of ether oxygens (including phenoxy) is 2. The minimum atomic E-state index is -0.604. The molecule has 1 N–H and O–H groups in total. The highest BCUT2D eigenvalue weighted by atomic mass is 35.5. The van der Waals surface area contributed by atoms with Gasteiger partial charge in [-0.3, -0.25) is 9.59 Å². The third-order valence-corrected chi connectivity index (χ3v) is 4.67. The second-order valence-corrected chi connectivity index (χ2v) is 6.79. The Balaban J connectivity index is 1.61. The lowest BCUT2D eigenvalue weighted by molar-refractivity contribution is -0.139. The first-order chi connectivity index (χ1) is 12.9. The van der Waals surface area contributed by atoms with Crippen LogP contribution in [0.3, 0.4) is 0 Å². The summed E-state index contributed by atoms with van der Waals surface area (Å²) in [6.07, 6.45) is 0. The van der Waals surface area contributed by atoms with E-state index in [1.165, 1.54) is 11.8 Å². The molecule has 142 valence electrons. The molecule has 1 aliphatic heterocycles. The molecule has 0 unspecified atom stereocenters. The predicted octanol–water partition coefficient (Wildman–Crippen LogP) is 3.12. The van der Waals surface area contributed by atoms with Crippen LogP contribution in [-0.2, 0) is 22.7 Å². The fraction of sp³-hybridized carbons (Fsp3) is 0.300. The minimum absolute atomic E-state index is 0.171. The smallest absolute Gasteiger partial charge is 0.242 e. The summed E-state index contributed by atoms with van der Waals surface area (Å²) in [6, 6.07) is 12.1. The number of nitrogens with zero attached hydrogens (tertiary/aromatic N) is 1. The highest BCUT2D eigenvalue weighted by molar-refractivity contribution is 6.30. The number of carbonyl (C=O) groups excluding carboxylic acids is 2. The molecule has 0 aliphatic carbocycles. The van der Waals surface area contributed by atoms with E-state index in [-0.39, 0.29) is 18.6 Å². The molecule has 0 saturated heterocycles. The molecule has 0 saturated carbocycles. The number of halogens is 1. The number of rotatable bonds is 6. The van der Waals surface area contributed by atoms with Gasteiger partial charge < -0.3 is 19.7 Å². The molecule has 1 atom stereocenters. The predicted molar refractivity (Wildman–Crippen MR) is 102 cm³/mol. The molecule has 0 aromatic heterocycles. The van der Waals surface area contributed by atoms with E-state index >= 15 is 0 Å². The lowest BCUT2D eigenvalue weighted by atomic mass is 10.1. The lowest BCUT2D eigenvalue weighted by Gasteiger charge is -2.27. The van der Waals surface area contributed by atoms with Gasteiger partial charge in [0.25, 0.3) is 0 Å². The second kappa shape index (κ2) is 8.31. The highest BCUT2D eigenvalue weighted by Crippen LogP contribution is 2.32. The molecular weight excluding hydrogens is 368 g/mol. The molecule has 2 aromatic carbocycles. The van der Waals surface area contributed by atoms with Crippen LogP contribution in [-0.4, -0.2) is 29.5 Å². The van der Waals surface area contributed by atoms with Gasteiger partial charge in [-0.1, -0.05) is 29.8 Å². The highest BCUT2D eigenvalue weighted by Gasteiger charge is 2.24. The van der Waals surface area contributed by atoms with Crippen LogP contribution in [0.1, 0.15) is 25.0 Å². The molecule has 7 heteroatoms. The minimum Gasteiger partial charge on any atom is -0.454 e. The molecule has 2 amide bonds. The van der Waals surface area contributed by atoms with Crippen molar-refractivity contribution >= 4 is 23.4 Å². The number of hydrogen-bond donors (Lipinski definition) is 1. The summed E-state index contributed by atoms with van der Waals surface area (Å²) in [5.74, 6) is 0.972. The number of carbonyl (C=O) groups is 2. The van der Waals surface area contributed by atoms with Crippen LogP contribution in [0, 0.1) is 0 Å². The lowest BCUT2D eigenvalue weighted by Crippen LogP contribution is -2.46. The quantitative estimate of drug-likeness (QED) is 0.825. The van der Waals surface area contributed by atoms with Crippen LogP contribution >= 0.6 is 11.6 Å². The number of amides is 2. The van der Waals surface area contributed by atoms with Crippen LogP contribution in [0.25, 0.3) is 0 Å². The van der Waals surface area contributed by atoms with E-state index in [0.717, 1.165) is 11.1 Å². The van der Waals surface area contributed by atoms with Crippen molar-refractivity contribution in [2.24, 2.45) is 0 Å². The number of fused-ring (bicyclic) bond motifs is 1. The third-order valence-electron chi connectivity index (χ3n) is 4.42. The molecule has 3 rings (SSSR count). The van der Waals surface area contributed by atoms with E-state index in [0.29, 0.717) is 29.6 Å². The van der Waals surface area contributed by atoms with Gasteiger partial charge in [0.15, 0.2) is 11.5 Å². The van der Waals surface area contributed by atoms with Crippen LogP contribution in [0.15, 0.2) is 42.5 Å². The Labute approximate surface area is 163 Å². The van der Waals surface area contributed by atoms with Crippen LogP contribution in [0.4, 0.5) is 0 Å². The zero-order valence-electron chi connectivity index (χ0n) is 15.2. The van der Waals surface area contributed by atoms with Crippen molar-refractivity contribution in [1.29, 1.82) is 0 Å². The van der Waals surface area contributed by atoms with Gasteiger partial charge in [-0.05, 0) is 42.3 Å². The zero-order valence-corrected chi connectivity index (χ0v) is 16.0.